The van der Waals surface area contributed by atoms with Crippen LogP contribution in [0.2, 0.25) is 0 Å². The molecular formula is C14H23Cl2N3OS. The molecule has 1 aliphatic heterocycles. The highest BCUT2D eigenvalue weighted by atomic mass is 35.5. The smallest absolute Gasteiger partial charge is 0.241 e. The zero-order valence-corrected chi connectivity index (χ0v) is 14.7. The minimum absolute atomic E-state index is 0. The van der Waals surface area contributed by atoms with Crippen molar-refractivity contribution in [2.45, 2.75) is 17.9 Å². The van der Waals surface area contributed by atoms with Crippen LogP contribution in [0.1, 0.15) is 6.92 Å². The van der Waals surface area contributed by atoms with Gasteiger partial charge in [0.25, 0.3) is 0 Å². The maximum atomic E-state index is 12.2. The van der Waals surface area contributed by atoms with Crippen molar-refractivity contribution in [3.63, 3.8) is 0 Å². The van der Waals surface area contributed by atoms with Crippen LogP contribution in [0.5, 0.6) is 0 Å². The molecule has 2 N–H and O–H groups in total. The Morgan fingerprint density at radius 3 is 2.33 bits per heavy atom. The Hall–Kier alpha value is -0.460. The summed E-state index contributed by atoms with van der Waals surface area (Å²) in [6.07, 6.45) is 2.04. The van der Waals surface area contributed by atoms with Gasteiger partial charge >= 0.3 is 0 Å². The van der Waals surface area contributed by atoms with Gasteiger partial charge in [0.1, 0.15) is 0 Å². The monoisotopic (exact) mass is 351 g/mol. The molecule has 1 atom stereocenters. The first-order valence-electron chi connectivity index (χ1n) is 6.60. The fourth-order valence-electron chi connectivity index (χ4n) is 2.16. The van der Waals surface area contributed by atoms with Crippen molar-refractivity contribution in [1.82, 2.24) is 10.2 Å². The Bertz CT molecular complexity index is 425. The topological polar surface area (TPSA) is 44.4 Å². The van der Waals surface area contributed by atoms with Gasteiger partial charge in [0, 0.05) is 36.8 Å². The second-order valence-electron chi connectivity index (χ2n) is 4.68. The Kier molecular flexibility index (Phi) is 10.1. The molecule has 1 heterocycles. The van der Waals surface area contributed by atoms with Gasteiger partial charge in [0.05, 0.1) is 6.04 Å². The molecule has 1 aliphatic rings. The van der Waals surface area contributed by atoms with Gasteiger partial charge in [-0.15, -0.1) is 36.6 Å². The van der Waals surface area contributed by atoms with Gasteiger partial charge in [-0.3, -0.25) is 9.69 Å². The molecule has 0 spiro atoms. The molecule has 1 aromatic rings. The van der Waals surface area contributed by atoms with Crippen LogP contribution in [0.25, 0.3) is 0 Å². The van der Waals surface area contributed by atoms with E-state index >= 15 is 0 Å². The summed E-state index contributed by atoms with van der Waals surface area (Å²) in [5.41, 5.74) is 0.866. The van der Waals surface area contributed by atoms with Gasteiger partial charge in [-0.2, -0.15) is 0 Å². The predicted octanol–water partition coefficient (Wildman–Crippen LogP) is 2.48. The minimum Gasteiger partial charge on any atom is -0.325 e. The Labute approximate surface area is 143 Å². The molecule has 1 amide bonds. The summed E-state index contributed by atoms with van der Waals surface area (Å²) in [4.78, 5) is 15.6. The van der Waals surface area contributed by atoms with Gasteiger partial charge in [-0.05, 0) is 37.4 Å². The zero-order valence-electron chi connectivity index (χ0n) is 12.3. The lowest BCUT2D eigenvalue weighted by atomic mass is 10.2. The molecule has 2 rings (SSSR count). The number of nitrogens with zero attached hydrogens (tertiary/aromatic N) is 1. The maximum Gasteiger partial charge on any atom is 0.241 e. The first kappa shape index (κ1) is 20.5. The fraction of sp³-hybridized carbons (Fsp3) is 0.500. The molecule has 0 saturated carbocycles. The normalized spacial score (nSPS) is 16.3. The first-order chi connectivity index (χ1) is 9.20. The number of thioether (sulfide) groups is 1. The van der Waals surface area contributed by atoms with Crippen LogP contribution < -0.4 is 10.6 Å². The molecule has 1 saturated heterocycles. The quantitative estimate of drug-likeness (QED) is 0.818. The predicted molar refractivity (Wildman–Crippen MR) is 95.3 cm³/mol. The summed E-state index contributed by atoms with van der Waals surface area (Å²) >= 11 is 1.70. The largest absolute Gasteiger partial charge is 0.325 e. The van der Waals surface area contributed by atoms with Crippen molar-refractivity contribution in [2.75, 3.05) is 37.8 Å². The number of halogens is 2. The van der Waals surface area contributed by atoms with E-state index in [2.05, 4.69) is 15.5 Å². The Morgan fingerprint density at radius 2 is 1.81 bits per heavy atom. The van der Waals surface area contributed by atoms with Crippen LogP contribution >= 0.6 is 36.6 Å². The summed E-state index contributed by atoms with van der Waals surface area (Å²) < 4.78 is 0. The third kappa shape index (κ3) is 6.04. The van der Waals surface area contributed by atoms with Crippen molar-refractivity contribution in [3.8, 4) is 0 Å². The van der Waals surface area contributed by atoms with E-state index in [0.29, 0.717) is 0 Å². The standard InChI is InChI=1S/C14H21N3OS.2ClH/c1-11(17-9-7-15-8-10-17)14(18)16-12-3-5-13(19-2)6-4-12;;/h3-6,11,15H,7-10H2,1-2H3,(H,16,18);2*1H. The summed E-state index contributed by atoms with van der Waals surface area (Å²) in [6.45, 7) is 5.75. The third-order valence-electron chi connectivity index (χ3n) is 3.44. The number of amides is 1. The number of piperazine rings is 1. The van der Waals surface area contributed by atoms with E-state index in [-0.39, 0.29) is 36.8 Å². The molecule has 21 heavy (non-hydrogen) atoms. The van der Waals surface area contributed by atoms with E-state index in [9.17, 15) is 4.79 Å². The van der Waals surface area contributed by atoms with Gasteiger partial charge < -0.3 is 10.6 Å². The van der Waals surface area contributed by atoms with Crippen LogP contribution in [0.4, 0.5) is 5.69 Å². The van der Waals surface area contributed by atoms with E-state index in [1.54, 1.807) is 11.8 Å². The maximum absolute atomic E-state index is 12.2. The van der Waals surface area contributed by atoms with Crippen LogP contribution in [0.3, 0.4) is 0 Å². The SMILES string of the molecule is CSc1ccc(NC(=O)C(C)N2CCNCC2)cc1.Cl.Cl. The summed E-state index contributed by atoms with van der Waals surface area (Å²) in [5, 5.41) is 6.28. The van der Waals surface area contributed by atoms with Crippen LogP contribution in [-0.4, -0.2) is 49.3 Å². The molecule has 0 aliphatic carbocycles. The number of rotatable bonds is 4. The molecular weight excluding hydrogens is 329 g/mol. The van der Waals surface area contributed by atoms with Gasteiger partial charge in [-0.25, -0.2) is 0 Å². The highest BCUT2D eigenvalue weighted by Gasteiger charge is 2.22. The van der Waals surface area contributed by atoms with E-state index < -0.39 is 0 Å². The van der Waals surface area contributed by atoms with E-state index in [1.165, 1.54) is 4.90 Å². The van der Waals surface area contributed by atoms with Gasteiger partial charge in [0.15, 0.2) is 0 Å². The molecule has 1 aromatic carbocycles. The lowest BCUT2D eigenvalue weighted by Gasteiger charge is -2.31. The fourth-order valence-corrected chi connectivity index (χ4v) is 2.56. The summed E-state index contributed by atoms with van der Waals surface area (Å²) in [5.74, 6) is 0.0683. The molecule has 120 valence electrons. The molecule has 7 heteroatoms. The van der Waals surface area contributed by atoms with E-state index in [0.717, 1.165) is 31.9 Å². The lowest BCUT2D eigenvalue weighted by molar-refractivity contribution is -0.120. The van der Waals surface area contributed by atoms with Crippen LogP contribution in [-0.2, 0) is 4.79 Å². The van der Waals surface area contributed by atoms with Gasteiger partial charge in [-0.1, -0.05) is 0 Å². The van der Waals surface area contributed by atoms with E-state index in [1.807, 2.05) is 37.4 Å². The number of hydrogen-bond acceptors (Lipinski definition) is 4. The summed E-state index contributed by atoms with van der Waals surface area (Å²) in [6, 6.07) is 7.87. The van der Waals surface area contributed by atoms with Crippen molar-refractivity contribution >= 4 is 48.2 Å². The minimum atomic E-state index is -0.0812. The van der Waals surface area contributed by atoms with Crippen LogP contribution in [0.15, 0.2) is 29.2 Å². The average Bonchev–Trinajstić information content (AvgIpc) is 2.48. The molecule has 1 fully saturated rings. The molecule has 0 aromatic heterocycles. The highest BCUT2D eigenvalue weighted by molar-refractivity contribution is 7.98. The third-order valence-corrected chi connectivity index (χ3v) is 4.18. The summed E-state index contributed by atoms with van der Waals surface area (Å²) in [7, 11) is 0. The molecule has 0 bridgehead atoms. The number of anilines is 1. The Balaban J connectivity index is 0.00000200. The highest BCUT2D eigenvalue weighted by Crippen LogP contribution is 2.17. The molecule has 1 unspecified atom stereocenters. The van der Waals surface area contributed by atoms with Crippen molar-refractivity contribution in [3.05, 3.63) is 24.3 Å². The second-order valence-corrected chi connectivity index (χ2v) is 5.56. The van der Waals surface area contributed by atoms with Crippen molar-refractivity contribution in [2.24, 2.45) is 0 Å². The number of carbonyl (C=O) groups is 1. The number of carbonyl (C=O) groups excluding carboxylic acids is 1. The van der Waals surface area contributed by atoms with E-state index in [4.69, 9.17) is 0 Å². The van der Waals surface area contributed by atoms with Crippen molar-refractivity contribution < 1.29 is 4.79 Å². The van der Waals surface area contributed by atoms with Crippen LogP contribution in [0, 0.1) is 0 Å². The number of benzene rings is 1. The second kappa shape index (κ2) is 10.3. The van der Waals surface area contributed by atoms with Gasteiger partial charge in [0.2, 0.25) is 5.91 Å². The average molecular weight is 352 g/mol. The Morgan fingerprint density at radius 1 is 1.24 bits per heavy atom. The van der Waals surface area contributed by atoms with Crippen molar-refractivity contribution in [1.29, 1.82) is 0 Å². The molecule has 0 radical (unpaired) electrons. The lowest BCUT2D eigenvalue weighted by Crippen LogP contribution is -2.51. The molecule has 4 nitrogen and oxygen atoms in total. The first-order valence-corrected chi connectivity index (χ1v) is 7.83. The number of nitrogens with one attached hydrogen (secondary N) is 2. The number of hydrogen-bond donors (Lipinski definition) is 2. The zero-order chi connectivity index (χ0) is 13.7.